The molecule has 3 nitrogen and oxygen atoms in total. The molecule has 1 atom stereocenters. The van der Waals surface area contributed by atoms with Crippen LogP contribution in [-0.4, -0.2) is 27.4 Å². The van der Waals surface area contributed by atoms with Gasteiger partial charge in [0.05, 0.1) is 7.11 Å². The summed E-state index contributed by atoms with van der Waals surface area (Å²) in [6, 6.07) is 6.86. The highest BCUT2D eigenvalue weighted by molar-refractivity contribution is 5.39. The predicted molar refractivity (Wildman–Crippen MR) is 68.6 cm³/mol. The number of ether oxygens (including phenoxy) is 2. The lowest BCUT2D eigenvalue weighted by Gasteiger charge is -2.27. The minimum absolute atomic E-state index is 0.448. The molecule has 1 aliphatic heterocycles. The smallest absolute Gasteiger partial charge is 0.119 e. The maximum absolute atomic E-state index is 5.30. The van der Waals surface area contributed by atoms with E-state index in [1.807, 2.05) is 0 Å². The Bertz CT molecular complexity index is 365. The topological polar surface area (TPSA) is 30.5 Å². The molecule has 0 spiro atoms. The van der Waals surface area contributed by atoms with Gasteiger partial charge < -0.3 is 14.8 Å². The second-order valence-electron chi connectivity index (χ2n) is 4.46. The van der Waals surface area contributed by atoms with Crippen LogP contribution in [0.3, 0.4) is 0 Å². The number of rotatable bonds is 5. The molecule has 3 heteroatoms. The molecule has 1 aromatic carbocycles. The van der Waals surface area contributed by atoms with Gasteiger partial charge in [-0.3, -0.25) is 0 Å². The van der Waals surface area contributed by atoms with Crippen LogP contribution in [0.15, 0.2) is 18.2 Å². The van der Waals surface area contributed by atoms with Gasteiger partial charge in [-0.1, -0.05) is 6.07 Å². The van der Waals surface area contributed by atoms with E-state index in [1.54, 1.807) is 14.2 Å². The molecule has 0 fully saturated rings. The third-order valence-electron chi connectivity index (χ3n) is 3.35. The van der Waals surface area contributed by atoms with Crippen molar-refractivity contribution in [1.29, 1.82) is 0 Å². The Balaban J connectivity index is 2.11. The summed E-state index contributed by atoms with van der Waals surface area (Å²) in [6.07, 6.45) is 3.32. The number of hydrogen-bond acceptors (Lipinski definition) is 3. The Labute approximate surface area is 103 Å². The predicted octanol–water partition coefficient (Wildman–Crippen LogP) is 2.31. The van der Waals surface area contributed by atoms with Gasteiger partial charge in [0.25, 0.3) is 0 Å². The van der Waals surface area contributed by atoms with Crippen LogP contribution in [0.4, 0.5) is 0 Å². The molecule has 0 aromatic heterocycles. The standard InChI is InChI=1S/C14H21NO2/c1-16-9-3-4-14-13-10-12(17-2)6-5-11(13)7-8-15-14/h5-6,10,14-15H,3-4,7-9H2,1-2H3. The fourth-order valence-electron chi connectivity index (χ4n) is 2.43. The number of hydrogen-bond donors (Lipinski definition) is 1. The van der Waals surface area contributed by atoms with Gasteiger partial charge in [0, 0.05) is 19.8 Å². The molecular formula is C14H21NO2. The molecule has 0 radical (unpaired) electrons. The molecule has 94 valence electrons. The monoisotopic (exact) mass is 235 g/mol. The summed E-state index contributed by atoms with van der Waals surface area (Å²) in [5.41, 5.74) is 2.85. The Morgan fingerprint density at radius 3 is 3.00 bits per heavy atom. The number of benzene rings is 1. The zero-order valence-corrected chi connectivity index (χ0v) is 10.7. The van der Waals surface area contributed by atoms with Gasteiger partial charge in [-0.2, -0.15) is 0 Å². The highest BCUT2D eigenvalue weighted by Crippen LogP contribution is 2.29. The summed E-state index contributed by atoms with van der Waals surface area (Å²) in [6.45, 7) is 1.90. The molecule has 1 unspecified atom stereocenters. The van der Waals surface area contributed by atoms with Gasteiger partial charge in [0.2, 0.25) is 0 Å². The second-order valence-corrected chi connectivity index (χ2v) is 4.46. The van der Waals surface area contributed by atoms with Crippen molar-refractivity contribution in [3.8, 4) is 5.75 Å². The van der Waals surface area contributed by atoms with E-state index in [4.69, 9.17) is 9.47 Å². The summed E-state index contributed by atoms with van der Waals surface area (Å²) >= 11 is 0. The summed E-state index contributed by atoms with van der Waals surface area (Å²) in [5, 5.41) is 3.57. The average Bonchev–Trinajstić information content (AvgIpc) is 2.39. The quantitative estimate of drug-likeness (QED) is 0.794. The van der Waals surface area contributed by atoms with Gasteiger partial charge in [0.1, 0.15) is 5.75 Å². The molecule has 0 bridgehead atoms. The molecular weight excluding hydrogens is 214 g/mol. The zero-order chi connectivity index (χ0) is 12.1. The summed E-state index contributed by atoms with van der Waals surface area (Å²) in [5.74, 6) is 0.948. The SMILES string of the molecule is COCCCC1NCCc2ccc(OC)cc21. The molecule has 0 saturated heterocycles. The first-order chi connectivity index (χ1) is 8.35. The zero-order valence-electron chi connectivity index (χ0n) is 10.7. The molecule has 0 saturated carbocycles. The molecule has 17 heavy (non-hydrogen) atoms. The van der Waals surface area contributed by atoms with Gasteiger partial charge in [-0.15, -0.1) is 0 Å². The normalized spacial score (nSPS) is 18.8. The van der Waals surface area contributed by atoms with Gasteiger partial charge in [-0.05, 0) is 49.1 Å². The summed E-state index contributed by atoms with van der Waals surface area (Å²) < 4.78 is 10.4. The van der Waals surface area contributed by atoms with Gasteiger partial charge in [-0.25, -0.2) is 0 Å². The first-order valence-corrected chi connectivity index (χ1v) is 6.24. The van der Waals surface area contributed by atoms with E-state index in [2.05, 4.69) is 23.5 Å². The lowest BCUT2D eigenvalue weighted by atomic mass is 9.91. The molecule has 1 heterocycles. The Kier molecular flexibility index (Phi) is 4.40. The highest BCUT2D eigenvalue weighted by atomic mass is 16.5. The van der Waals surface area contributed by atoms with Crippen LogP contribution in [-0.2, 0) is 11.2 Å². The third kappa shape index (κ3) is 2.99. The van der Waals surface area contributed by atoms with Crippen molar-refractivity contribution in [2.24, 2.45) is 0 Å². The second kappa shape index (κ2) is 6.03. The maximum Gasteiger partial charge on any atom is 0.119 e. The van der Waals surface area contributed by atoms with Crippen molar-refractivity contribution in [2.45, 2.75) is 25.3 Å². The Morgan fingerprint density at radius 1 is 1.35 bits per heavy atom. The van der Waals surface area contributed by atoms with Crippen molar-refractivity contribution in [2.75, 3.05) is 27.4 Å². The van der Waals surface area contributed by atoms with Crippen LogP contribution in [0.2, 0.25) is 0 Å². The van der Waals surface area contributed by atoms with E-state index in [1.165, 1.54) is 11.1 Å². The number of methoxy groups -OCH3 is 2. The van der Waals surface area contributed by atoms with Crippen molar-refractivity contribution in [1.82, 2.24) is 5.32 Å². The minimum Gasteiger partial charge on any atom is -0.497 e. The van der Waals surface area contributed by atoms with Crippen LogP contribution >= 0.6 is 0 Å². The van der Waals surface area contributed by atoms with E-state index < -0.39 is 0 Å². The fourth-order valence-corrected chi connectivity index (χ4v) is 2.43. The van der Waals surface area contributed by atoms with Gasteiger partial charge >= 0.3 is 0 Å². The van der Waals surface area contributed by atoms with Gasteiger partial charge in [0.15, 0.2) is 0 Å². The Hall–Kier alpha value is -1.06. The molecule has 1 aromatic rings. The van der Waals surface area contributed by atoms with Crippen molar-refractivity contribution in [3.63, 3.8) is 0 Å². The Morgan fingerprint density at radius 2 is 2.24 bits per heavy atom. The molecule has 1 N–H and O–H groups in total. The molecule has 2 rings (SSSR count). The van der Waals surface area contributed by atoms with E-state index in [0.717, 1.165) is 38.2 Å². The summed E-state index contributed by atoms with van der Waals surface area (Å²) in [7, 11) is 3.48. The van der Waals surface area contributed by atoms with Crippen LogP contribution in [0.5, 0.6) is 5.75 Å². The molecule has 1 aliphatic rings. The van der Waals surface area contributed by atoms with Crippen molar-refractivity contribution < 1.29 is 9.47 Å². The number of fused-ring (bicyclic) bond motifs is 1. The summed E-state index contributed by atoms with van der Waals surface area (Å²) in [4.78, 5) is 0. The highest BCUT2D eigenvalue weighted by Gasteiger charge is 2.19. The largest absolute Gasteiger partial charge is 0.497 e. The lowest BCUT2D eigenvalue weighted by Crippen LogP contribution is -2.30. The van der Waals surface area contributed by atoms with Crippen molar-refractivity contribution in [3.05, 3.63) is 29.3 Å². The van der Waals surface area contributed by atoms with E-state index >= 15 is 0 Å². The fraction of sp³-hybridized carbons (Fsp3) is 0.571. The van der Waals surface area contributed by atoms with E-state index in [-0.39, 0.29) is 0 Å². The minimum atomic E-state index is 0.448. The van der Waals surface area contributed by atoms with Crippen LogP contribution in [0.1, 0.15) is 30.0 Å². The molecule has 0 aliphatic carbocycles. The maximum atomic E-state index is 5.30. The van der Waals surface area contributed by atoms with Crippen LogP contribution in [0, 0.1) is 0 Å². The van der Waals surface area contributed by atoms with E-state index in [9.17, 15) is 0 Å². The van der Waals surface area contributed by atoms with Crippen LogP contribution < -0.4 is 10.1 Å². The lowest BCUT2D eigenvalue weighted by molar-refractivity contribution is 0.188. The first-order valence-electron chi connectivity index (χ1n) is 6.24. The third-order valence-corrected chi connectivity index (χ3v) is 3.35. The first kappa shape index (κ1) is 12.4. The molecule has 0 amide bonds. The van der Waals surface area contributed by atoms with Crippen molar-refractivity contribution >= 4 is 0 Å². The van der Waals surface area contributed by atoms with E-state index in [0.29, 0.717) is 6.04 Å². The number of nitrogens with one attached hydrogen (secondary N) is 1. The average molecular weight is 235 g/mol. The van der Waals surface area contributed by atoms with Crippen LogP contribution in [0.25, 0.3) is 0 Å².